The Hall–Kier alpha value is -3.29. The molecule has 2 aliphatic carbocycles. The molecular formula is C35H43N3O4. The molecule has 2 heterocycles. The zero-order chi connectivity index (χ0) is 29.3. The molecule has 2 fully saturated rings. The molecule has 1 saturated carbocycles. The van der Waals surface area contributed by atoms with Gasteiger partial charge in [0.1, 0.15) is 0 Å². The number of likely N-dealkylation sites (tertiary alicyclic amines) is 1. The van der Waals surface area contributed by atoms with Gasteiger partial charge in [0.05, 0.1) is 29.8 Å². The molecule has 3 aromatic rings. The lowest BCUT2D eigenvalue weighted by atomic mass is 9.77. The molecule has 1 unspecified atom stereocenters. The smallest absolute Gasteiger partial charge is 0.338 e. The first kappa shape index (κ1) is 28.8. The molecule has 1 saturated heterocycles. The Bertz CT molecular complexity index is 1440. The van der Waals surface area contributed by atoms with Gasteiger partial charge in [0.2, 0.25) is 0 Å². The van der Waals surface area contributed by atoms with Gasteiger partial charge in [-0.25, -0.2) is 4.79 Å². The third-order valence-corrected chi connectivity index (χ3v) is 9.89. The van der Waals surface area contributed by atoms with Crippen molar-refractivity contribution in [1.29, 1.82) is 0 Å². The fourth-order valence-electron chi connectivity index (χ4n) is 6.76. The molecule has 222 valence electrons. The molecule has 7 heteroatoms. The van der Waals surface area contributed by atoms with E-state index < -0.39 is 0 Å². The summed E-state index contributed by atoms with van der Waals surface area (Å²) in [5, 5.41) is 14.2. The lowest BCUT2D eigenvalue weighted by Crippen LogP contribution is -2.38. The van der Waals surface area contributed by atoms with Crippen molar-refractivity contribution < 1.29 is 19.4 Å². The number of ether oxygens (including phenoxy) is 1. The minimum Gasteiger partial charge on any atom is -0.462 e. The topological polar surface area (TPSA) is 91.8 Å². The SMILES string of the molecule is CCOC(=O)c1ccc([C@@H](CCN2CCC(O)CC2)NC(=O)c2ccc3nc4c(cc3c2)CC(C2(C)CC2)CC4)cc1. The Morgan fingerprint density at radius 3 is 2.52 bits per heavy atom. The van der Waals surface area contributed by atoms with E-state index in [1.807, 2.05) is 30.3 Å². The van der Waals surface area contributed by atoms with E-state index in [9.17, 15) is 14.7 Å². The number of aliphatic hydroxyl groups is 1. The zero-order valence-corrected chi connectivity index (χ0v) is 24.9. The molecule has 7 nitrogen and oxygen atoms in total. The van der Waals surface area contributed by atoms with E-state index >= 15 is 0 Å². The molecule has 2 aromatic carbocycles. The first-order valence-corrected chi connectivity index (χ1v) is 15.7. The van der Waals surface area contributed by atoms with Crippen molar-refractivity contribution in [3.05, 3.63) is 76.5 Å². The largest absolute Gasteiger partial charge is 0.462 e. The number of nitrogens with zero attached hydrogens (tertiary/aromatic N) is 2. The average molecular weight is 570 g/mol. The number of esters is 1. The molecule has 0 bridgehead atoms. The Balaban J connectivity index is 1.20. The number of hydrogen-bond acceptors (Lipinski definition) is 6. The number of nitrogens with one attached hydrogen (secondary N) is 1. The number of amides is 1. The lowest BCUT2D eigenvalue weighted by molar-refractivity contribution is 0.0526. The first-order valence-electron chi connectivity index (χ1n) is 15.7. The summed E-state index contributed by atoms with van der Waals surface area (Å²) in [7, 11) is 0. The molecular weight excluding hydrogens is 526 g/mol. The molecule has 1 amide bonds. The third-order valence-electron chi connectivity index (χ3n) is 9.89. The number of piperidine rings is 1. The summed E-state index contributed by atoms with van der Waals surface area (Å²) < 4.78 is 5.14. The van der Waals surface area contributed by atoms with Crippen molar-refractivity contribution >= 4 is 22.8 Å². The summed E-state index contributed by atoms with van der Waals surface area (Å²) in [5.41, 5.74) is 6.09. The summed E-state index contributed by atoms with van der Waals surface area (Å²) in [5.74, 6) is 0.266. The van der Waals surface area contributed by atoms with Crippen LogP contribution in [0.3, 0.4) is 0 Å². The standard InChI is InChI=1S/C35H43N3O4/c1-3-42-34(41)24-6-4-23(5-7-24)32(14-19-38-17-12-29(39)13-18-38)37-33(40)25-8-10-30-26(20-25)21-27-22-28(35(2)15-16-35)9-11-31(27)36-30/h4-8,10,20-21,28-29,32,39H,3,9,11-19,22H2,1-2H3,(H,37,40)/t28?,32-/m1/s1. The number of carbonyl (C=O) groups excluding carboxylic acids is 2. The number of rotatable bonds is 9. The number of fused-ring (bicyclic) bond motifs is 2. The van der Waals surface area contributed by atoms with Gasteiger partial charge >= 0.3 is 5.97 Å². The van der Waals surface area contributed by atoms with E-state index in [-0.39, 0.29) is 24.0 Å². The maximum Gasteiger partial charge on any atom is 0.338 e. The predicted molar refractivity (Wildman–Crippen MR) is 164 cm³/mol. The molecule has 1 aromatic heterocycles. The highest BCUT2D eigenvalue weighted by Gasteiger charge is 2.45. The predicted octanol–water partition coefficient (Wildman–Crippen LogP) is 5.63. The summed E-state index contributed by atoms with van der Waals surface area (Å²) in [4.78, 5) is 33.2. The second kappa shape index (κ2) is 12.1. The Kier molecular flexibility index (Phi) is 8.33. The second-order valence-electron chi connectivity index (χ2n) is 12.8. The Labute approximate surface area is 248 Å². The highest BCUT2D eigenvalue weighted by Crippen LogP contribution is 2.55. The summed E-state index contributed by atoms with van der Waals surface area (Å²) in [6.45, 7) is 7.06. The van der Waals surface area contributed by atoms with Crippen LogP contribution in [0.4, 0.5) is 0 Å². The van der Waals surface area contributed by atoms with E-state index in [1.165, 1.54) is 30.5 Å². The maximum absolute atomic E-state index is 13.7. The van der Waals surface area contributed by atoms with Gasteiger partial charge in [-0.2, -0.15) is 0 Å². The number of aromatic nitrogens is 1. The molecule has 42 heavy (non-hydrogen) atoms. The molecule has 2 N–H and O–H groups in total. The number of aryl methyl sites for hydroxylation is 1. The minimum absolute atomic E-state index is 0.119. The van der Waals surface area contributed by atoms with Crippen LogP contribution in [0.25, 0.3) is 10.9 Å². The highest BCUT2D eigenvalue weighted by molar-refractivity contribution is 5.98. The van der Waals surface area contributed by atoms with Crippen molar-refractivity contribution in [2.24, 2.45) is 11.3 Å². The number of pyridine rings is 1. The Morgan fingerprint density at radius 1 is 1.07 bits per heavy atom. The third kappa shape index (κ3) is 6.37. The summed E-state index contributed by atoms with van der Waals surface area (Å²) in [6, 6.07) is 15.2. The number of benzene rings is 2. The van der Waals surface area contributed by atoms with Crippen LogP contribution in [-0.2, 0) is 17.6 Å². The molecule has 3 aliphatic rings. The molecule has 0 radical (unpaired) electrons. The number of carbonyl (C=O) groups is 2. The quantitative estimate of drug-likeness (QED) is 0.325. The van der Waals surface area contributed by atoms with Crippen LogP contribution in [0.5, 0.6) is 0 Å². The highest BCUT2D eigenvalue weighted by atomic mass is 16.5. The van der Waals surface area contributed by atoms with Crippen LogP contribution >= 0.6 is 0 Å². The van der Waals surface area contributed by atoms with Crippen LogP contribution in [-0.4, -0.2) is 59.2 Å². The summed E-state index contributed by atoms with van der Waals surface area (Å²) >= 11 is 0. The zero-order valence-electron chi connectivity index (χ0n) is 24.9. The van der Waals surface area contributed by atoms with Gasteiger partial charge in [0, 0.05) is 36.3 Å². The van der Waals surface area contributed by atoms with Gasteiger partial charge in [0.15, 0.2) is 0 Å². The van der Waals surface area contributed by atoms with Crippen LogP contribution in [0, 0.1) is 11.3 Å². The maximum atomic E-state index is 13.7. The number of hydrogen-bond donors (Lipinski definition) is 2. The second-order valence-corrected chi connectivity index (χ2v) is 12.8. The van der Waals surface area contributed by atoms with E-state index in [1.54, 1.807) is 19.1 Å². The van der Waals surface area contributed by atoms with Gasteiger partial charge in [-0.3, -0.25) is 9.78 Å². The molecule has 2 atom stereocenters. The van der Waals surface area contributed by atoms with Gasteiger partial charge in [0.25, 0.3) is 5.91 Å². The van der Waals surface area contributed by atoms with E-state index in [0.717, 1.165) is 74.1 Å². The van der Waals surface area contributed by atoms with Gasteiger partial charge in [-0.1, -0.05) is 19.1 Å². The van der Waals surface area contributed by atoms with Crippen molar-refractivity contribution in [2.45, 2.75) is 77.4 Å². The Morgan fingerprint density at radius 2 is 1.81 bits per heavy atom. The van der Waals surface area contributed by atoms with Crippen molar-refractivity contribution in [1.82, 2.24) is 15.2 Å². The lowest BCUT2D eigenvalue weighted by Gasteiger charge is -2.31. The van der Waals surface area contributed by atoms with Gasteiger partial charge in [-0.15, -0.1) is 0 Å². The van der Waals surface area contributed by atoms with Crippen molar-refractivity contribution in [3.8, 4) is 0 Å². The van der Waals surface area contributed by atoms with Crippen molar-refractivity contribution in [3.63, 3.8) is 0 Å². The van der Waals surface area contributed by atoms with Crippen molar-refractivity contribution in [2.75, 3.05) is 26.2 Å². The van der Waals surface area contributed by atoms with E-state index in [4.69, 9.17) is 9.72 Å². The van der Waals surface area contributed by atoms with Crippen LogP contribution in [0.1, 0.15) is 96.0 Å². The molecule has 0 spiro atoms. The average Bonchev–Trinajstić information content (AvgIpc) is 3.76. The monoisotopic (exact) mass is 569 g/mol. The van der Waals surface area contributed by atoms with Crippen LogP contribution in [0.2, 0.25) is 0 Å². The van der Waals surface area contributed by atoms with E-state index in [2.05, 4.69) is 23.2 Å². The van der Waals surface area contributed by atoms with Gasteiger partial charge in [-0.05, 0) is 117 Å². The van der Waals surface area contributed by atoms with Gasteiger partial charge < -0.3 is 20.1 Å². The fraction of sp³-hybridized carbons (Fsp3) is 0.514. The van der Waals surface area contributed by atoms with Crippen LogP contribution in [0.15, 0.2) is 48.5 Å². The minimum atomic E-state index is -0.346. The number of aliphatic hydroxyl groups excluding tert-OH is 1. The fourth-order valence-corrected chi connectivity index (χ4v) is 6.76. The normalized spacial score (nSPS) is 21.0. The first-order chi connectivity index (χ1) is 20.3. The van der Waals surface area contributed by atoms with Crippen LogP contribution < -0.4 is 5.32 Å². The van der Waals surface area contributed by atoms with E-state index in [0.29, 0.717) is 23.1 Å². The molecule has 6 rings (SSSR count). The molecule has 1 aliphatic heterocycles. The summed E-state index contributed by atoms with van der Waals surface area (Å²) in [6.07, 6.45) is 8.09.